The van der Waals surface area contributed by atoms with Crippen LogP contribution in [0.2, 0.25) is 0 Å². The first-order valence-corrected chi connectivity index (χ1v) is 10.3. The van der Waals surface area contributed by atoms with E-state index in [4.69, 9.17) is 12.2 Å². The van der Waals surface area contributed by atoms with E-state index in [1.165, 1.54) is 44.9 Å². The maximum Gasteiger partial charge on any atom is 0.171 e. The molecule has 138 valence electrons. The fourth-order valence-electron chi connectivity index (χ4n) is 4.27. The van der Waals surface area contributed by atoms with Crippen molar-refractivity contribution < 1.29 is 0 Å². The van der Waals surface area contributed by atoms with Gasteiger partial charge in [0.2, 0.25) is 0 Å². The Labute approximate surface area is 157 Å². The summed E-state index contributed by atoms with van der Waals surface area (Å²) in [6.07, 6.45) is 11.0. The summed E-state index contributed by atoms with van der Waals surface area (Å²) >= 11 is 5.49. The normalized spacial score (nSPS) is 25.3. The molecule has 0 unspecified atom stereocenters. The molecule has 5 heteroatoms. The van der Waals surface area contributed by atoms with Gasteiger partial charge in [0.05, 0.1) is 11.9 Å². The lowest BCUT2D eigenvalue weighted by molar-refractivity contribution is 0.355. The molecule has 2 N–H and O–H groups in total. The number of nitrogens with zero attached hydrogens (tertiary/aromatic N) is 2. The number of anilines is 2. The summed E-state index contributed by atoms with van der Waals surface area (Å²) in [5.41, 5.74) is 0.966. The smallest absolute Gasteiger partial charge is 0.171 e. The molecule has 4 nitrogen and oxygen atoms in total. The quantitative estimate of drug-likeness (QED) is 0.610. The zero-order chi connectivity index (χ0) is 17.6. The van der Waals surface area contributed by atoms with Crippen molar-refractivity contribution in [3.8, 4) is 0 Å². The maximum absolute atomic E-state index is 5.49. The molecular weight excluding hydrogens is 328 g/mol. The summed E-state index contributed by atoms with van der Waals surface area (Å²) in [6.45, 7) is 6.86. The van der Waals surface area contributed by atoms with E-state index in [1.807, 2.05) is 6.20 Å². The Kier molecular flexibility index (Phi) is 6.51. The molecule has 0 radical (unpaired) electrons. The van der Waals surface area contributed by atoms with E-state index < -0.39 is 0 Å². The van der Waals surface area contributed by atoms with Crippen molar-refractivity contribution in [2.45, 2.75) is 64.8 Å². The summed E-state index contributed by atoms with van der Waals surface area (Å²) in [4.78, 5) is 7.07. The van der Waals surface area contributed by atoms with Crippen molar-refractivity contribution in [2.24, 2.45) is 11.8 Å². The van der Waals surface area contributed by atoms with Crippen LogP contribution in [0.3, 0.4) is 0 Å². The van der Waals surface area contributed by atoms with Gasteiger partial charge < -0.3 is 15.5 Å². The molecule has 2 aliphatic rings. The summed E-state index contributed by atoms with van der Waals surface area (Å²) in [6, 6.07) is 4.72. The van der Waals surface area contributed by atoms with Gasteiger partial charge >= 0.3 is 0 Å². The van der Waals surface area contributed by atoms with Crippen LogP contribution in [0.4, 0.5) is 11.5 Å². The molecule has 0 aromatic carbocycles. The molecule has 2 atom stereocenters. The lowest BCUT2D eigenvalue weighted by Gasteiger charge is -2.35. The van der Waals surface area contributed by atoms with E-state index in [1.54, 1.807) is 0 Å². The number of hydrogen-bond donors (Lipinski definition) is 2. The Morgan fingerprint density at radius 3 is 2.36 bits per heavy atom. The van der Waals surface area contributed by atoms with Gasteiger partial charge in [-0.05, 0) is 55.4 Å². The molecule has 1 aliphatic carbocycles. The van der Waals surface area contributed by atoms with Gasteiger partial charge in [-0.1, -0.05) is 39.5 Å². The molecular formula is C20H32N4S. The number of nitrogens with one attached hydrogen (secondary N) is 2. The van der Waals surface area contributed by atoms with Crippen LogP contribution in [0.25, 0.3) is 0 Å². The molecule has 1 saturated heterocycles. The Morgan fingerprint density at radius 2 is 1.76 bits per heavy atom. The number of hydrogen-bond acceptors (Lipinski definition) is 3. The molecule has 3 rings (SSSR count). The van der Waals surface area contributed by atoms with Crippen molar-refractivity contribution >= 4 is 28.8 Å². The average molecular weight is 361 g/mol. The highest BCUT2D eigenvalue weighted by Gasteiger charge is 2.22. The second-order valence-corrected chi connectivity index (χ2v) is 8.45. The molecule has 1 aliphatic heterocycles. The summed E-state index contributed by atoms with van der Waals surface area (Å²) in [5, 5.41) is 7.50. The first-order valence-electron chi connectivity index (χ1n) is 9.88. The van der Waals surface area contributed by atoms with Crippen LogP contribution in [0.1, 0.15) is 58.8 Å². The van der Waals surface area contributed by atoms with Gasteiger partial charge in [0.1, 0.15) is 5.82 Å². The molecule has 1 aromatic rings. The van der Waals surface area contributed by atoms with Gasteiger partial charge in [0.25, 0.3) is 0 Å². The number of pyridine rings is 1. The van der Waals surface area contributed by atoms with E-state index in [2.05, 4.69) is 46.5 Å². The summed E-state index contributed by atoms with van der Waals surface area (Å²) in [7, 11) is 0. The molecule has 25 heavy (non-hydrogen) atoms. The van der Waals surface area contributed by atoms with E-state index in [0.29, 0.717) is 6.04 Å². The van der Waals surface area contributed by atoms with E-state index >= 15 is 0 Å². The third kappa shape index (κ3) is 5.56. The number of thiocarbonyl (C=S) groups is 1. The summed E-state index contributed by atoms with van der Waals surface area (Å²) < 4.78 is 0. The first-order chi connectivity index (χ1) is 12.1. The molecule has 0 spiro atoms. The van der Waals surface area contributed by atoms with Crippen LogP contribution < -0.4 is 15.5 Å². The maximum atomic E-state index is 5.49. The van der Waals surface area contributed by atoms with Crippen molar-refractivity contribution in [2.75, 3.05) is 23.3 Å². The fourth-order valence-corrected chi connectivity index (χ4v) is 4.56. The standard InChI is InChI=1S/C20H32N4S/c1-15-11-16(2)14-24(13-15)19-10-9-18(12-21-19)23-20(25)22-17-7-5-3-4-6-8-17/h9-10,12,15-17H,3-8,11,13-14H2,1-2H3,(H2,22,23,25)/t15-,16+. The monoisotopic (exact) mass is 360 g/mol. The first kappa shape index (κ1) is 18.4. The van der Waals surface area contributed by atoms with Crippen LogP contribution in [0.5, 0.6) is 0 Å². The minimum Gasteiger partial charge on any atom is -0.360 e. The molecule has 2 fully saturated rings. The highest BCUT2D eigenvalue weighted by atomic mass is 32.1. The average Bonchev–Trinajstić information content (AvgIpc) is 2.83. The van der Waals surface area contributed by atoms with Crippen molar-refractivity contribution in [1.82, 2.24) is 10.3 Å². The largest absolute Gasteiger partial charge is 0.360 e. The van der Waals surface area contributed by atoms with Gasteiger partial charge in [-0.15, -0.1) is 0 Å². The Bertz CT molecular complexity index is 541. The minimum absolute atomic E-state index is 0.519. The third-order valence-electron chi connectivity index (χ3n) is 5.39. The highest BCUT2D eigenvalue weighted by molar-refractivity contribution is 7.80. The van der Waals surface area contributed by atoms with Gasteiger partial charge in [-0.25, -0.2) is 4.98 Å². The lowest BCUT2D eigenvalue weighted by atomic mass is 9.92. The predicted octanol–water partition coefficient (Wildman–Crippen LogP) is 4.57. The minimum atomic E-state index is 0.519. The van der Waals surface area contributed by atoms with Crippen LogP contribution >= 0.6 is 12.2 Å². The fraction of sp³-hybridized carbons (Fsp3) is 0.700. The second kappa shape index (κ2) is 8.84. The number of rotatable bonds is 3. The van der Waals surface area contributed by atoms with E-state index in [0.717, 1.165) is 41.5 Å². The number of aromatic nitrogens is 1. The van der Waals surface area contributed by atoms with Crippen LogP contribution in [-0.2, 0) is 0 Å². The lowest BCUT2D eigenvalue weighted by Crippen LogP contribution is -2.39. The van der Waals surface area contributed by atoms with Gasteiger partial charge in [-0.3, -0.25) is 0 Å². The second-order valence-electron chi connectivity index (χ2n) is 8.04. The SMILES string of the molecule is C[C@@H]1C[C@H](C)CN(c2ccc(NC(=S)NC3CCCCCC3)cn2)C1. The Balaban J connectivity index is 1.52. The predicted molar refractivity (Wildman–Crippen MR) is 110 cm³/mol. The van der Waals surface area contributed by atoms with E-state index in [-0.39, 0.29) is 0 Å². The van der Waals surface area contributed by atoms with Crippen LogP contribution in [0, 0.1) is 11.8 Å². The summed E-state index contributed by atoms with van der Waals surface area (Å²) in [5.74, 6) is 2.55. The Hall–Kier alpha value is -1.36. The van der Waals surface area contributed by atoms with Crippen LogP contribution in [0.15, 0.2) is 18.3 Å². The molecule has 0 amide bonds. The highest BCUT2D eigenvalue weighted by Crippen LogP contribution is 2.25. The molecule has 1 aromatic heterocycles. The zero-order valence-corrected chi connectivity index (χ0v) is 16.4. The van der Waals surface area contributed by atoms with E-state index in [9.17, 15) is 0 Å². The molecule has 1 saturated carbocycles. The van der Waals surface area contributed by atoms with Crippen molar-refractivity contribution in [3.63, 3.8) is 0 Å². The Morgan fingerprint density at radius 1 is 1.08 bits per heavy atom. The topological polar surface area (TPSA) is 40.2 Å². The number of piperidine rings is 1. The molecule has 2 heterocycles. The van der Waals surface area contributed by atoms with Gasteiger partial charge in [0, 0.05) is 19.1 Å². The zero-order valence-electron chi connectivity index (χ0n) is 15.6. The van der Waals surface area contributed by atoms with Crippen molar-refractivity contribution in [1.29, 1.82) is 0 Å². The van der Waals surface area contributed by atoms with Crippen molar-refractivity contribution in [3.05, 3.63) is 18.3 Å². The van der Waals surface area contributed by atoms with Crippen LogP contribution in [-0.4, -0.2) is 29.2 Å². The van der Waals surface area contributed by atoms with Gasteiger partial charge in [0.15, 0.2) is 5.11 Å². The van der Waals surface area contributed by atoms with Gasteiger partial charge in [-0.2, -0.15) is 0 Å². The molecule has 0 bridgehead atoms. The third-order valence-corrected chi connectivity index (χ3v) is 5.61.